The molecule has 1 heterocycles. The molecule has 3 nitrogen and oxygen atoms in total. The van der Waals surface area contributed by atoms with Crippen LogP contribution in [-0.4, -0.2) is 17.6 Å². The van der Waals surface area contributed by atoms with Crippen LogP contribution in [0.1, 0.15) is 30.0 Å². The van der Waals surface area contributed by atoms with E-state index in [0.717, 1.165) is 24.1 Å². The van der Waals surface area contributed by atoms with Crippen molar-refractivity contribution in [2.24, 2.45) is 0 Å². The molecule has 0 aromatic heterocycles. The lowest BCUT2D eigenvalue weighted by molar-refractivity contribution is -0.136. The van der Waals surface area contributed by atoms with Gasteiger partial charge in [-0.15, -0.1) is 0 Å². The molecule has 0 radical (unpaired) electrons. The predicted molar refractivity (Wildman–Crippen MR) is 57.8 cm³/mol. The molecule has 1 unspecified atom stereocenters. The van der Waals surface area contributed by atoms with Gasteiger partial charge in [0.1, 0.15) is 0 Å². The molecular weight excluding hydrogens is 190 g/mol. The van der Waals surface area contributed by atoms with Crippen LogP contribution in [0.5, 0.6) is 0 Å². The number of rotatable bonds is 3. The molecule has 15 heavy (non-hydrogen) atoms. The fourth-order valence-electron chi connectivity index (χ4n) is 2.15. The van der Waals surface area contributed by atoms with Gasteiger partial charge in [-0.25, -0.2) is 0 Å². The van der Waals surface area contributed by atoms with Gasteiger partial charge >= 0.3 is 5.97 Å². The Hall–Kier alpha value is -1.35. The highest BCUT2D eigenvalue weighted by molar-refractivity contribution is 5.70. The molecule has 1 saturated heterocycles. The summed E-state index contributed by atoms with van der Waals surface area (Å²) in [5, 5.41) is 12.2. The molecule has 0 bridgehead atoms. The Morgan fingerprint density at radius 2 is 2.27 bits per heavy atom. The molecule has 2 rings (SSSR count). The third-order valence-electron chi connectivity index (χ3n) is 2.83. The van der Waals surface area contributed by atoms with E-state index in [0.29, 0.717) is 6.04 Å². The number of carboxylic acid groups (broad SMARTS) is 1. The zero-order chi connectivity index (χ0) is 10.7. The first-order valence-electron chi connectivity index (χ1n) is 5.30. The standard InChI is InChI=1S/C12H15NO2/c14-12(15)8-9-4-1-2-5-10(9)11-6-3-7-13-11/h1-2,4-5,11,13H,3,6-8H2,(H,14,15). The molecule has 1 aliphatic rings. The van der Waals surface area contributed by atoms with Gasteiger partial charge in [0.05, 0.1) is 6.42 Å². The van der Waals surface area contributed by atoms with Gasteiger partial charge in [0.2, 0.25) is 0 Å². The summed E-state index contributed by atoms with van der Waals surface area (Å²) in [6, 6.07) is 8.16. The summed E-state index contributed by atoms with van der Waals surface area (Å²) in [5.74, 6) is -0.763. The minimum atomic E-state index is -0.763. The third kappa shape index (κ3) is 2.36. The monoisotopic (exact) mass is 205 g/mol. The molecule has 1 aliphatic heterocycles. The molecular formula is C12H15NO2. The van der Waals surface area contributed by atoms with E-state index in [4.69, 9.17) is 5.11 Å². The Labute approximate surface area is 89.1 Å². The Morgan fingerprint density at radius 1 is 1.47 bits per heavy atom. The van der Waals surface area contributed by atoms with Crippen molar-refractivity contribution < 1.29 is 9.90 Å². The first-order chi connectivity index (χ1) is 7.27. The van der Waals surface area contributed by atoms with Crippen LogP contribution in [0, 0.1) is 0 Å². The number of nitrogens with one attached hydrogen (secondary N) is 1. The highest BCUT2D eigenvalue weighted by Gasteiger charge is 2.19. The Bertz CT molecular complexity index is 356. The normalized spacial score (nSPS) is 20.4. The van der Waals surface area contributed by atoms with E-state index in [1.54, 1.807) is 0 Å². The van der Waals surface area contributed by atoms with Crippen LogP contribution in [0.4, 0.5) is 0 Å². The topological polar surface area (TPSA) is 49.3 Å². The summed E-state index contributed by atoms with van der Waals surface area (Å²) in [6.07, 6.45) is 2.40. The first-order valence-corrected chi connectivity index (χ1v) is 5.30. The number of carbonyl (C=O) groups is 1. The Balaban J connectivity index is 2.24. The second-order valence-corrected chi connectivity index (χ2v) is 3.92. The number of benzene rings is 1. The summed E-state index contributed by atoms with van der Waals surface area (Å²) in [7, 11) is 0. The minimum absolute atomic E-state index is 0.119. The molecule has 80 valence electrons. The average molecular weight is 205 g/mol. The predicted octanol–water partition coefficient (Wildman–Crippen LogP) is 1.74. The van der Waals surface area contributed by atoms with Crippen LogP contribution in [-0.2, 0) is 11.2 Å². The summed E-state index contributed by atoms with van der Waals surface area (Å²) < 4.78 is 0. The van der Waals surface area contributed by atoms with Crippen molar-refractivity contribution in [3.63, 3.8) is 0 Å². The van der Waals surface area contributed by atoms with E-state index in [-0.39, 0.29) is 6.42 Å². The lowest BCUT2D eigenvalue weighted by Gasteiger charge is -2.14. The SMILES string of the molecule is O=C(O)Cc1ccccc1C1CCCN1. The van der Waals surface area contributed by atoms with E-state index in [2.05, 4.69) is 5.32 Å². The molecule has 0 aliphatic carbocycles. The van der Waals surface area contributed by atoms with Crippen molar-refractivity contribution in [1.29, 1.82) is 0 Å². The fourth-order valence-corrected chi connectivity index (χ4v) is 2.15. The zero-order valence-electron chi connectivity index (χ0n) is 8.57. The number of hydrogen-bond acceptors (Lipinski definition) is 2. The molecule has 1 aromatic carbocycles. The number of aliphatic carboxylic acids is 1. The lowest BCUT2D eigenvalue weighted by atomic mass is 9.97. The van der Waals surface area contributed by atoms with Gasteiger partial charge in [0, 0.05) is 6.04 Å². The lowest BCUT2D eigenvalue weighted by Crippen LogP contribution is -2.15. The third-order valence-corrected chi connectivity index (χ3v) is 2.83. The van der Waals surface area contributed by atoms with Crippen LogP contribution in [0.2, 0.25) is 0 Å². The fraction of sp³-hybridized carbons (Fsp3) is 0.417. The molecule has 0 amide bonds. The number of hydrogen-bond donors (Lipinski definition) is 2. The molecule has 1 aromatic rings. The van der Waals surface area contributed by atoms with Crippen LogP contribution in [0.25, 0.3) is 0 Å². The van der Waals surface area contributed by atoms with E-state index in [1.165, 1.54) is 6.42 Å². The van der Waals surface area contributed by atoms with Gasteiger partial charge in [-0.05, 0) is 30.5 Å². The van der Waals surface area contributed by atoms with Crippen LogP contribution in [0.15, 0.2) is 24.3 Å². The highest BCUT2D eigenvalue weighted by atomic mass is 16.4. The van der Waals surface area contributed by atoms with Gasteiger partial charge in [-0.2, -0.15) is 0 Å². The second kappa shape index (κ2) is 4.45. The molecule has 0 saturated carbocycles. The smallest absolute Gasteiger partial charge is 0.307 e. The average Bonchev–Trinajstić information content (AvgIpc) is 2.70. The number of carboxylic acids is 1. The summed E-state index contributed by atoms with van der Waals surface area (Å²) in [4.78, 5) is 10.7. The van der Waals surface area contributed by atoms with Crippen molar-refractivity contribution in [2.45, 2.75) is 25.3 Å². The van der Waals surface area contributed by atoms with Gasteiger partial charge in [-0.3, -0.25) is 4.79 Å². The van der Waals surface area contributed by atoms with Gasteiger partial charge < -0.3 is 10.4 Å². The maximum absolute atomic E-state index is 10.7. The van der Waals surface area contributed by atoms with Crippen LogP contribution in [0.3, 0.4) is 0 Å². The second-order valence-electron chi connectivity index (χ2n) is 3.92. The van der Waals surface area contributed by atoms with Gasteiger partial charge in [0.25, 0.3) is 0 Å². The first kappa shape index (κ1) is 10.2. The van der Waals surface area contributed by atoms with Crippen molar-refractivity contribution in [2.75, 3.05) is 6.54 Å². The minimum Gasteiger partial charge on any atom is -0.481 e. The van der Waals surface area contributed by atoms with Crippen LogP contribution >= 0.6 is 0 Å². The van der Waals surface area contributed by atoms with Gasteiger partial charge in [-0.1, -0.05) is 24.3 Å². The molecule has 3 heteroatoms. The summed E-state index contributed by atoms with van der Waals surface area (Å²) >= 11 is 0. The maximum atomic E-state index is 10.7. The van der Waals surface area contributed by atoms with Crippen molar-refractivity contribution in [1.82, 2.24) is 5.32 Å². The zero-order valence-corrected chi connectivity index (χ0v) is 8.57. The van der Waals surface area contributed by atoms with Crippen LogP contribution < -0.4 is 5.32 Å². The maximum Gasteiger partial charge on any atom is 0.307 e. The van der Waals surface area contributed by atoms with Crippen molar-refractivity contribution in [3.05, 3.63) is 35.4 Å². The van der Waals surface area contributed by atoms with E-state index < -0.39 is 5.97 Å². The molecule has 0 spiro atoms. The Kier molecular flexibility index (Phi) is 3.02. The van der Waals surface area contributed by atoms with E-state index in [9.17, 15) is 4.79 Å². The van der Waals surface area contributed by atoms with Gasteiger partial charge in [0.15, 0.2) is 0 Å². The highest BCUT2D eigenvalue weighted by Crippen LogP contribution is 2.26. The summed E-state index contributed by atoms with van der Waals surface area (Å²) in [5.41, 5.74) is 2.09. The summed E-state index contributed by atoms with van der Waals surface area (Å²) in [6.45, 7) is 1.03. The Morgan fingerprint density at radius 3 is 2.93 bits per heavy atom. The largest absolute Gasteiger partial charge is 0.481 e. The van der Waals surface area contributed by atoms with E-state index in [1.807, 2.05) is 24.3 Å². The quantitative estimate of drug-likeness (QED) is 0.790. The van der Waals surface area contributed by atoms with Crippen molar-refractivity contribution >= 4 is 5.97 Å². The van der Waals surface area contributed by atoms with Crippen molar-refractivity contribution in [3.8, 4) is 0 Å². The van der Waals surface area contributed by atoms with E-state index >= 15 is 0 Å². The molecule has 1 atom stereocenters. The molecule has 1 fully saturated rings. The molecule has 2 N–H and O–H groups in total.